The van der Waals surface area contributed by atoms with Crippen molar-refractivity contribution in [2.24, 2.45) is 0 Å². The Balaban J connectivity index is 1.40. The Bertz CT molecular complexity index is 929. The molecule has 2 aliphatic rings. The zero-order chi connectivity index (χ0) is 19.7. The minimum atomic E-state index is 0.0745. The van der Waals surface area contributed by atoms with Crippen molar-refractivity contribution in [2.75, 3.05) is 19.7 Å². The van der Waals surface area contributed by atoms with Crippen LogP contribution in [0, 0.1) is 0 Å². The predicted octanol–water partition coefficient (Wildman–Crippen LogP) is 2.69. The summed E-state index contributed by atoms with van der Waals surface area (Å²) >= 11 is 0. The summed E-state index contributed by atoms with van der Waals surface area (Å²) in [6.45, 7) is 3.99. The summed E-state index contributed by atoms with van der Waals surface area (Å²) in [7, 11) is 0. The summed E-state index contributed by atoms with van der Waals surface area (Å²) in [4.78, 5) is 13.3. The van der Waals surface area contributed by atoms with E-state index in [1.54, 1.807) is 0 Å². The summed E-state index contributed by atoms with van der Waals surface area (Å²) < 4.78 is 0. The van der Waals surface area contributed by atoms with E-state index < -0.39 is 0 Å². The Morgan fingerprint density at radius 2 is 1.41 bits per heavy atom. The number of hydrogen-bond acceptors (Lipinski definition) is 5. The van der Waals surface area contributed by atoms with Gasteiger partial charge in [0, 0.05) is 62.9 Å². The molecule has 5 rings (SSSR count). The molecule has 5 heteroatoms. The predicted molar refractivity (Wildman–Crippen MR) is 112 cm³/mol. The molecule has 0 saturated carbocycles. The SMILES string of the molecule is OC[C@H]1[C@H](c2ccccc2)C2(CN(Cc3ccncc3)C2)N1Cc1ccncc1. The molecule has 1 N–H and O–H groups in total. The second-order valence-electron chi connectivity index (χ2n) is 8.23. The molecule has 0 radical (unpaired) electrons. The molecule has 1 aromatic carbocycles. The lowest BCUT2D eigenvalue weighted by atomic mass is 9.60. The lowest BCUT2D eigenvalue weighted by molar-refractivity contribution is -0.197. The zero-order valence-electron chi connectivity index (χ0n) is 16.4. The molecular formula is C24H26N4O. The van der Waals surface area contributed by atoms with Crippen LogP contribution in [0.25, 0.3) is 0 Å². The lowest BCUT2D eigenvalue weighted by Crippen LogP contribution is -2.83. The third kappa shape index (κ3) is 3.25. The first-order valence-corrected chi connectivity index (χ1v) is 10.2. The van der Waals surface area contributed by atoms with Crippen LogP contribution in [0.5, 0.6) is 0 Å². The molecule has 5 nitrogen and oxygen atoms in total. The third-order valence-electron chi connectivity index (χ3n) is 6.53. The van der Waals surface area contributed by atoms with Crippen LogP contribution in [0.15, 0.2) is 79.4 Å². The molecule has 0 unspecified atom stereocenters. The number of likely N-dealkylation sites (tertiary alicyclic amines) is 2. The van der Waals surface area contributed by atoms with Gasteiger partial charge in [-0.15, -0.1) is 0 Å². The molecule has 2 saturated heterocycles. The van der Waals surface area contributed by atoms with E-state index in [9.17, 15) is 5.11 Å². The Kier molecular flexibility index (Phi) is 4.87. The number of aromatic nitrogens is 2. The number of pyridine rings is 2. The van der Waals surface area contributed by atoms with Gasteiger partial charge in [0.25, 0.3) is 0 Å². The van der Waals surface area contributed by atoms with Crippen LogP contribution < -0.4 is 0 Å². The van der Waals surface area contributed by atoms with Crippen LogP contribution in [0.1, 0.15) is 22.6 Å². The molecular weight excluding hydrogens is 360 g/mol. The fourth-order valence-electron chi connectivity index (χ4n) is 5.29. The maximum atomic E-state index is 10.2. The van der Waals surface area contributed by atoms with Crippen LogP contribution >= 0.6 is 0 Å². The molecule has 2 aliphatic heterocycles. The fraction of sp³-hybridized carbons (Fsp3) is 0.333. The average Bonchev–Trinajstić information content (AvgIpc) is 2.75. The highest BCUT2D eigenvalue weighted by atomic mass is 16.3. The first-order chi connectivity index (χ1) is 14.3. The van der Waals surface area contributed by atoms with Gasteiger partial charge in [0.1, 0.15) is 0 Å². The van der Waals surface area contributed by atoms with Gasteiger partial charge < -0.3 is 5.11 Å². The largest absolute Gasteiger partial charge is 0.395 e. The van der Waals surface area contributed by atoms with Gasteiger partial charge in [-0.25, -0.2) is 0 Å². The van der Waals surface area contributed by atoms with Crippen LogP contribution in [-0.2, 0) is 13.1 Å². The van der Waals surface area contributed by atoms with E-state index in [1.807, 2.05) is 24.8 Å². The minimum absolute atomic E-state index is 0.0745. The normalized spacial score (nSPS) is 23.5. The summed E-state index contributed by atoms with van der Waals surface area (Å²) in [5.41, 5.74) is 3.95. The molecule has 4 heterocycles. The molecule has 2 fully saturated rings. The number of aliphatic hydroxyl groups is 1. The molecule has 1 spiro atoms. The van der Waals surface area contributed by atoms with Gasteiger partial charge in [-0.2, -0.15) is 0 Å². The van der Waals surface area contributed by atoms with Crippen LogP contribution in [-0.4, -0.2) is 56.2 Å². The molecule has 29 heavy (non-hydrogen) atoms. The van der Waals surface area contributed by atoms with Crippen LogP contribution in [0.3, 0.4) is 0 Å². The highest BCUT2D eigenvalue weighted by molar-refractivity contribution is 5.36. The van der Waals surface area contributed by atoms with Gasteiger partial charge in [-0.3, -0.25) is 19.8 Å². The van der Waals surface area contributed by atoms with Crippen molar-refractivity contribution in [3.63, 3.8) is 0 Å². The number of hydrogen-bond donors (Lipinski definition) is 1. The van der Waals surface area contributed by atoms with E-state index in [2.05, 4.69) is 74.4 Å². The van der Waals surface area contributed by atoms with Crippen LogP contribution in [0.4, 0.5) is 0 Å². The van der Waals surface area contributed by atoms with Crippen LogP contribution in [0.2, 0.25) is 0 Å². The van der Waals surface area contributed by atoms with Crippen molar-refractivity contribution in [3.05, 3.63) is 96.1 Å². The van der Waals surface area contributed by atoms with Gasteiger partial charge in [-0.1, -0.05) is 30.3 Å². The molecule has 148 valence electrons. The zero-order valence-corrected chi connectivity index (χ0v) is 16.4. The van der Waals surface area contributed by atoms with E-state index >= 15 is 0 Å². The van der Waals surface area contributed by atoms with Crippen molar-refractivity contribution < 1.29 is 5.11 Å². The smallest absolute Gasteiger partial charge is 0.0593 e. The maximum Gasteiger partial charge on any atom is 0.0593 e. The van der Waals surface area contributed by atoms with Gasteiger partial charge in [0.05, 0.1) is 12.1 Å². The van der Waals surface area contributed by atoms with Gasteiger partial charge in [-0.05, 0) is 41.0 Å². The molecule has 0 aliphatic carbocycles. The third-order valence-corrected chi connectivity index (χ3v) is 6.53. The summed E-state index contributed by atoms with van der Waals surface area (Å²) in [5, 5.41) is 10.2. The quantitative estimate of drug-likeness (QED) is 0.706. The number of aliphatic hydroxyl groups excluding tert-OH is 1. The van der Waals surface area contributed by atoms with E-state index in [1.165, 1.54) is 16.7 Å². The summed E-state index contributed by atoms with van der Waals surface area (Å²) in [5.74, 6) is 0.351. The topological polar surface area (TPSA) is 52.5 Å². The van der Waals surface area contributed by atoms with Gasteiger partial charge in [0.2, 0.25) is 0 Å². The second-order valence-corrected chi connectivity index (χ2v) is 8.23. The Morgan fingerprint density at radius 1 is 0.828 bits per heavy atom. The van der Waals surface area contributed by atoms with E-state index in [-0.39, 0.29) is 18.2 Å². The number of benzene rings is 1. The standard InChI is InChI=1S/C24H26N4O/c29-16-22-23(21-4-2-1-3-5-21)24(28(22)15-20-8-12-26-13-9-20)17-27(18-24)14-19-6-10-25-11-7-19/h1-13,22-23,29H,14-18H2/t22-,23-/m0/s1. The van der Waals surface area contributed by atoms with Crippen molar-refractivity contribution in [3.8, 4) is 0 Å². The fourth-order valence-corrected chi connectivity index (χ4v) is 5.29. The van der Waals surface area contributed by atoms with E-state index in [4.69, 9.17) is 0 Å². The highest BCUT2D eigenvalue weighted by Crippen LogP contribution is 2.54. The summed E-state index contributed by atoms with van der Waals surface area (Å²) in [6, 6.07) is 19.2. The Labute approximate surface area is 171 Å². The number of nitrogens with zero attached hydrogens (tertiary/aromatic N) is 4. The van der Waals surface area contributed by atoms with Crippen molar-refractivity contribution in [1.82, 2.24) is 19.8 Å². The van der Waals surface area contributed by atoms with Gasteiger partial charge >= 0.3 is 0 Å². The molecule has 2 aromatic heterocycles. The summed E-state index contributed by atoms with van der Waals surface area (Å²) in [6.07, 6.45) is 7.42. The number of rotatable bonds is 6. The molecule has 2 atom stereocenters. The Hall–Kier alpha value is -2.60. The molecule has 0 bridgehead atoms. The molecule has 0 amide bonds. The maximum absolute atomic E-state index is 10.2. The first kappa shape index (κ1) is 18.4. The lowest BCUT2D eigenvalue weighted by Gasteiger charge is -2.71. The average molecular weight is 386 g/mol. The second kappa shape index (κ2) is 7.67. The van der Waals surface area contributed by atoms with E-state index in [0.29, 0.717) is 5.92 Å². The van der Waals surface area contributed by atoms with Crippen molar-refractivity contribution in [1.29, 1.82) is 0 Å². The van der Waals surface area contributed by atoms with Crippen molar-refractivity contribution in [2.45, 2.75) is 30.6 Å². The van der Waals surface area contributed by atoms with Gasteiger partial charge in [0.15, 0.2) is 0 Å². The van der Waals surface area contributed by atoms with Crippen molar-refractivity contribution >= 4 is 0 Å². The molecule has 3 aromatic rings. The highest BCUT2D eigenvalue weighted by Gasteiger charge is 2.65. The van der Waals surface area contributed by atoms with E-state index in [0.717, 1.165) is 26.2 Å². The Morgan fingerprint density at radius 3 is 2.00 bits per heavy atom. The monoisotopic (exact) mass is 386 g/mol. The minimum Gasteiger partial charge on any atom is -0.395 e. The first-order valence-electron chi connectivity index (χ1n) is 10.2.